The van der Waals surface area contributed by atoms with Crippen LogP contribution in [0.2, 0.25) is 0 Å². The third-order valence-electron chi connectivity index (χ3n) is 1.74. The van der Waals surface area contributed by atoms with Crippen molar-refractivity contribution < 1.29 is 0 Å². The van der Waals surface area contributed by atoms with Crippen LogP contribution in [0.5, 0.6) is 0 Å². The number of rotatable bonds is 0. The van der Waals surface area contributed by atoms with Crippen LogP contribution >= 0.6 is 24.8 Å². The highest BCUT2D eigenvalue weighted by atomic mass is 35.5. The molecule has 0 bridgehead atoms. The number of nitrogens with one attached hydrogen (secondary N) is 1. The molecule has 0 saturated heterocycles. The molecule has 0 unspecified atom stereocenters. The van der Waals surface area contributed by atoms with Crippen molar-refractivity contribution in [2.24, 2.45) is 7.05 Å². The summed E-state index contributed by atoms with van der Waals surface area (Å²) >= 11 is 0. The number of aromatic nitrogens is 4. The number of H-pyrrole nitrogens is 1. The highest BCUT2D eigenvalue weighted by Crippen LogP contribution is 2.19. The van der Waals surface area contributed by atoms with Gasteiger partial charge in [0.1, 0.15) is 5.82 Å². The molecule has 0 radical (unpaired) electrons. The molecule has 0 spiro atoms. The number of nitrogens with two attached hydrogens (primary N) is 1. The monoisotopic (exact) mass is 223 g/mol. The van der Waals surface area contributed by atoms with E-state index in [0.717, 1.165) is 16.7 Å². The molecule has 2 heterocycles. The van der Waals surface area contributed by atoms with E-state index in [4.69, 9.17) is 5.73 Å². The Morgan fingerprint density at radius 3 is 2.54 bits per heavy atom. The molecule has 74 valence electrons. The third kappa shape index (κ3) is 1.57. The minimum absolute atomic E-state index is 0. The number of halogens is 2. The van der Waals surface area contributed by atoms with Crippen molar-refractivity contribution >= 4 is 41.7 Å². The van der Waals surface area contributed by atoms with Gasteiger partial charge in [0.05, 0.1) is 11.1 Å². The van der Waals surface area contributed by atoms with Crippen LogP contribution in [0.4, 0.5) is 5.82 Å². The van der Waals surface area contributed by atoms with Crippen LogP contribution in [-0.2, 0) is 7.05 Å². The summed E-state index contributed by atoms with van der Waals surface area (Å²) in [6.07, 6.45) is 0. The zero-order valence-corrected chi connectivity index (χ0v) is 8.87. The van der Waals surface area contributed by atoms with Gasteiger partial charge in [0.2, 0.25) is 0 Å². The molecule has 3 N–H and O–H groups in total. The smallest absolute Gasteiger partial charge is 0.181 e. The summed E-state index contributed by atoms with van der Waals surface area (Å²) in [5.41, 5.74) is 7.34. The molecule has 13 heavy (non-hydrogen) atoms. The van der Waals surface area contributed by atoms with E-state index in [2.05, 4.69) is 15.3 Å². The van der Waals surface area contributed by atoms with Gasteiger partial charge in [-0.15, -0.1) is 24.8 Å². The SMILES string of the molecule is Cc1nn(C)c2n[nH]c(N)c12.Cl.Cl. The Bertz CT molecular complexity index is 404. The normalized spacial score (nSPS) is 9.38. The van der Waals surface area contributed by atoms with E-state index in [1.54, 1.807) is 4.68 Å². The lowest BCUT2D eigenvalue weighted by molar-refractivity contribution is 0.767. The van der Waals surface area contributed by atoms with Crippen LogP contribution < -0.4 is 5.73 Å². The zero-order valence-electron chi connectivity index (χ0n) is 7.24. The van der Waals surface area contributed by atoms with E-state index in [1.165, 1.54) is 0 Å². The molecule has 0 fully saturated rings. The number of nitrogen functional groups attached to an aromatic ring is 1. The molecule has 2 rings (SSSR count). The average Bonchev–Trinajstić information content (AvgIpc) is 2.41. The fourth-order valence-corrected chi connectivity index (χ4v) is 1.26. The van der Waals surface area contributed by atoms with Crippen molar-refractivity contribution in [2.45, 2.75) is 6.92 Å². The Hall–Kier alpha value is -0.940. The van der Waals surface area contributed by atoms with E-state index < -0.39 is 0 Å². The van der Waals surface area contributed by atoms with Gasteiger partial charge >= 0.3 is 0 Å². The van der Waals surface area contributed by atoms with Crippen LogP contribution in [0.15, 0.2) is 0 Å². The minimum Gasteiger partial charge on any atom is -0.383 e. The molecule has 0 atom stereocenters. The Labute approximate surface area is 87.5 Å². The number of aryl methyl sites for hydroxylation is 2. The van der Waals surface area contributed by atoms with Gasteiger partial charge in [-0.2, -0.15) is 10.2 Å². The van der Waals surface area contributed by atoms with Gasteiger partial charge in [-0.25, -0.2) is 4.68 Å². The topological polar surface area (TPSA) is 72.5 Å². The highest BCUT2D eigenvalue weighted by molar-refractivity contribution is 5.88. The summed E-state index contributed by atoms with van der Waals surface area (Å²) in [4.78, 5) is 0. The van der Waals surface area contributed by atoms with Gasteiger partial charge in [-0.05, 0) is 6.92 Å². The predicted molar refractivity (Wildman–Crippen MR) is 56.5 cm³/mol. The third-order valence-corrected chi connectivity index (χ3v) is 1.74. The maximum absolute atomic E-state index is 5.62. The summed E-state index contributed by atoms with van der Waals surface area (Å²) in [7, 11) is 1.84. The fourth-order valence-electron chi connectivity index (χ4n) is 1.26. The number of hydrogen-bond acceptors (Lipinski definition) is 3. The highest BCUT2D eigenvalue weighted by Gasteiger charge is 2.10. The molecule has 2 aromatic rings. The predicted octanol–water partition coefficient (Wildman–Crippen LogP) is 1.03. The lowest BCUT2D eigenvalue weighted by Gasteiger charge is -1.84. The number of fused-ring (bicyclic) bond motifs is 1. The van der Waals surface area contributed by atoms with Gasteiger partial charge in [-0.1, -0.05) is 0 Å². The summed E-state index contributed by atoms with van der Waals surface area (Å²) in [5.74, 6) is 0.589. The molecular weight excluding hydrogens is 213 g/mol. The van der Waals surface area contributed by atoms with E-state index in [-0.39, 0.29) is 24.8 Å². The number of hydrogen-bond donors (Lipinski definition) is 2. The molecule has 0 saturated carbocycles. The van der Waals surface area contributed by atoms with Gasteiger partial charge in [-0.3, -0.25) is 5.10 Å². The zero-order chi connectivity index (χ0) is 8.01. The second-order valence-corrected chi connectivity index (χ2v) is 2.54. The second-order valence-electron chi connectivity index (χ2n) is 2.54. The largest absolute Gasteiger partial charge is 0.383 e. The summed E-state index contributed by atoms with van der Waals surface area (Å²) in [5, 5.41) is 11.8. The quantitative estimate of drug-likeness (QED) is 0.701. The van der Waals surface area contributed by atoms with Gasteiger partial charge in [0.25, 0.3) is 0 Å². The van der Waals surface area contributed by atoms with Gasteiger partial charge in [0.15, 0.2) is 5.65 Å². The van der Waals surface area contributed by atoms with Crippen molar-refractivity contribution in [1.29, 1.82) is 0 Å². The molecule has 0 aliphatic heterocycles. The van der Waals surface area contributed by atoms with Gasteiger partial charge in [0, 0.05) is 7.05 Å². The van der Waals surface area contributed by atoms with Crippen LogP contribution in [0, 0.1) is 6.92 Å². The van der Waals surface area contributed by atoms with E-state index in [9.17, 15) is 0 Å². The molecule has 0 aliphatic rings. The first-order chi connectivity index (χ1) is 5.20. The molecule has 0 amide bonds. The maximum atomic E-state index is 5.62. The summed E-state index contributed by atoms with van der Waals surface area (Å²) in [6.45, 7) is 1.91. The van der Waals surface area contributed by atoms with E-state index in [0.29, 0.717) is 5.82 Å². The van der Waals surface area contributed by atoms with E-state index in [1.807, 2.05) is 14.0 Å². The van der Waals surface area contributed by atoms with Crippen LogP contribution in [0.25, 0.3) is 11.0 Å². The maximum Gasteiger partial charge on any atom is 0.181 e. The second kappa shape index (κ2) is 3.85. The van der Waals surface area contributed by atoms with Crippen molar-refractivity contribution in [2.75, 3.05) is 5.73 Å². The summed E-state index contributed by atoms with van der Waals surface area (Å²) < 4.78 is 1.71. The molecular formula is C6H11Cl2N5. The lowest BCUT2D eigenvalue weighted by Crippen LogP contribution is -1.91. The fraction of sp³-hybridized carbons (Fsp3) is 0.333. The first-order valence-corrected chi connectivity index (χ1v) is 3.33. The van der Waals surface area contributed by atoms with Gasteiger partial charge < -0.3 is 5.73 Å². The Kier molecular flexibility index (Phi) is 3.57. The lowest BCUT2D eigenvalue weighted by atomic mass is 10.3. The standard InChI is InChI=1S/C6H9N5.2ClH/c1-3-4-5(7)8-9-6(4)11(2)10-3;;/h1-2H3,(H3,7,8,9);2*1H. The van der Waals surface area contributed by atoms with Crippen molar-refractivity contribution in [3.63, 3.8) is 0 Å². The average molecular weight is 224 g/mol. The summed E-state index contributed by atoms with van der Waals surface area (Å²) in [6, 6.07) is 0. The van der Waals surface area contributed by atoms with Crippen molar-refractivity contribution in [1.82, 2.24) is 20.0 Å². The molecule has 2 aromatic heterocycles. The Morgan fingerprint density at radius 1 is 1.38 bits per heavy atom. The molecule has 0 aliphatic carbocycles. The first kappa shape index (κ1) is 12.1. The van der Waals surface area contributed by atoms with Crippen LogP contribution in [0.3, 0.4) is 0 Å². The van der Waals surface area contributed by atoms with E-state index >= 15 is 0 Å². The van der Waals surface area contributed by atoms with Crippen LogP contribution in [-0.4, -0.2) is 20.0 Å². The van der Waals surface area contributed by atoms with Crippen LogP contribution in [0.1, 0.15) is 5.69 Å². The molecule has 5 nitrogen and oxygen atoms in total. The first-order valence-electron chi connectivity index (χ1n) is 3.33. The number of nitrogens with zero attached hydrogens (tertiary/aromatic N) is 3. The minimum atomic E-state index is 0. The Morgan fingerprint density at radius 2 is 2.00 bits per heavy atom. The number of aromatic amines is 1. The molecule has 0 aromatic carbocycles. The molecule has 7 heteroatoms. The van der Waals surface area contributed by atoms with Crippen molar-refractivity contribution in [3.8, 4) is 0 Å². The number of anilines is 1. The van der Waals surface area contributed by atoms with Crippen molar-refractivity contribution in [3.05, 3.63) is 5.69 Å². The Balaban J connectivity index is 0.000000720.